The molecule has 0 aliphatic rings. The van der Waals surface area contributed by atoms with E-state index in [9.17, 15) is 13.2 Å². The molecule has 0 atom stereocenters. The second-order valence-electron chi connectivity index (χ2n) is 3.67. The first-order chi connectivity index (χ1) is 8.90. The van der Waals surface area contributed by atoms with E-state index in [4.69, 9.17) is 14.9 Å². The molecule has 0 aromatic heterocycles. The molecule has 7 nitrogen and oxygen atoms in total. The Hall–Kier alpha value is -1.64. The van der Waals surface area contributed by atoms with E-state index >= 15 is 0 Å². The SMILES string of the molecule is COc1ccc(S(=O)(=O)NCCO)c(CC(=O)O)c1. The van der Waals surface area contributed by atoms with Crippen LogP contribution in [-0.2, 0) is 21.2 Å². The Bertz CT molecular complexity index is 554. The number of aliphatic carboxylic acids is 1. The van der Waals surface area contributed by atoms with Crippen molar-refractivity contribution in [2.75, 3.05) is 20.3 Å². The van der Waals surface area contributed by atoms with Crippen LogP contribution in [0.5, 0.6) is 5.75 Å². The van der Waals surface area contributed by atoms with Gasteiger partial charge < -0.3 is 14.9 Å². The van der Waals surface area contributed by atoms with Crippen molar-refractivity contribution in [3.63, 3.8) is 0 Å². The van der Waals surface area contributed by atoms with E-state index in [-0.39, 0.29) is 23.6 Å². The molecule has 0 aliphatic carbocycles. The fourth-order valence-electron chi connectivity index (χ4n) is 1.50. The minimum atomic E-state index is -3.85. The molecule has 1 rings (SSSR count). The highest BCUT2D eigenvalue weighted by Gasteiger charge is 2.20. The van der Waals surface area contributed by atoms with Crippen molar-refractivity contribution in [3.05, 3.63) is 23.8 Å². The first-order valence-electron chi connectivity index (χ1n) is 5.40. The van der Waals surface area contributed by atoms with E-state index in [0.29, 0.717) is 5.75 Å². The van der Waals surface area contributed by atoms with Crippen LogP contribution in [0.4, 0.5) is 0 Å². The molecule has 19 heavy (non-hydrogen) atoms. The largest absolute Gasteiger partial charge is 0.497 e. The number of ether oxygens (including phenoxy) is 1. The lowest BCUT2D eigenvalue weighted by Crippen LogP contribution is -2.27. The van der Waals surface area contributed by atoms with E-state index in [1.165, 1.54) is 25.3 Å². The topological polar surface area (TPSA) is 113 Å². The molecule has 0 amide bonds. The number of aliphatic hydroxyl groups excluding tert-OH is 1. The second kappa shape index (κ2) is 6.50. The van der Waals surface area contributed by atoms with Crippen LogP contribution >= 0.6 is 0 Å². The van der Waals surface area contributed by atoms with Crippen LogP contribution in [0.2, 0.25) is 0 Å². The molecule has 0 spiro atoms. The molecule has 3 N–H and O–H groups in total. The molecular weight excluding hydrogens is 274 g/mol. The van der Waals surface area contributed by atoms with Gasteiger partial charge in [0.05, 0.1) is 25.0 Å². The minimum Gasteiger partial charge on any atom is -0.497 e. The molecule has 0 heterocycles. The molecule has 0 fully saturated rings. The fraction of sp³-hybridized carbons (Fsp3) is 0.364. The monoisotopic (exact) mass is 289 g/mol. The minimum absolute atomic E-state index is 0.122. The number of carboxylic acids is 1. The van der Waals surface area contributed by atoms with Gasteiger partial charge in [0.2, 0.25) is 10.0 Å². The standard InChI is InChI=1S/C11H15NO6S/c1-18-9-2-3-10(8(6-9)7-11(14)15)19(16,17)12-4-5-13/h2-3,6,12-13H,4-5,7H2,1H3,(H,14,15). The summed E-state index contributed by atoms with van der Waals surface area (Å²) in [7, 11) is -2.45. The molecule has 1 aromatic rings. The Morgan fingerprint density at radius 3 is 2.63 bits per heavy atom. The number of sulfonamides is 1. The Morgan fingerprint density at radius 1 is 1.42 bits per heavy atom. The van der Waals surface area contributed by atoms with Crippen LogP contribution in [-0.4, -0.2) is 44.9 Å². The number of aliphatic hydroxyl groups is 1. The first-order valence-corrected chi connectivity index (χ1v) is 6.88. The third kappa shape index (κ3) is 4.19. The highest BCUT2D eigenvalue weighted by Crippen LogP contribution is 2.22. The fourth-order valence-corrected chi connectivity index (χ4v) is 2.74. The smallest absolute Gasteiger partial charge is 0.307 e. The van der Waals surface area contributed by atoms with Gasteiger partial charge in [0, 0.05) is 6.54 Å². The number of hydrogen-bond donors (Lipinski definition) is 3. The molecule has 8 heteroatoms. The van der Waals surface area contributed by atoms with Gasteiger partial charge in [0.1, 0.15) is 5.75 Å². The zero-order chi connectivity index (χ0) is 14.5. The van der Waals surface area contributed by atoms with Gasteiger partial charge in [0.15, 0.2) is 0 Å². The van der Waals surface area contributed by atoms with Gasteiger partial charge in [-0.3, -0.25) is 4.79 Å². The summed E-state index contributed by atoms with van der Waals surface area (Å²) in [5, 5.41) is 17.4. The predicted molar refractivity (Wildman–Crippen MR) is 66.6 cm³/mol. The van der Waals surface area contributed by atoms with Crippen LogP contribution in [0.15, 0.2) is 23.1 Å². The molecule has 106 valence electrons. The summed E-state index contributed by atoms with van der Waals surface area (Å²) >= 11 is 0. The third-order valence-electron chi connectivity index (χ3n) is 2.30. The van der Waals surface area contributed by atoms with Gasteiger partial charge in [0.25, 0.3) is 0 Å². The van der Waals surface area contributed by atoms with E-state index in [1.807, 2.05) is 0 Å². The highest BCUT2D eigenvalue weighted by molar-refractivity contribution is 7.89. The number of carbonyl (C=O) groups is 1. The predicted octanol–water partition coefficient (Wildman–Crippen LogP) is -0.407. The summed E-state index contributed by atoms with van der Waals surface area (Å²) in [5.41, 5.74) is 0.122. The van der Waals surface area contributed by atoms with Gasteiger partial charge >= 0.3 is 5.97 Å². The lowest BCUT2D eigenvalue weighted by atomic mass is 10.1. The van der Waals surface area contributed by atoms with Crippen LogP contribution in [0.3, 0.4) is 0 Å². The van der Waals surface area contributed by atoms with Gasteiger partial charge in [-0.15, -0.1) is 0 Å². The number of carboxylic acid groups (broad SMARTS) is 1. The number of methoxy groups -OCH3 is 1. The normalized spacial score (nSPS) is 11.3. The quantitative estimate of drug-likeness (QED) is 0.629. The molecule has 1 aromatic carbocycles. The summed E-state index contributed by atoms with van der Waals surface area (Å²) < 4.78 is 31.0. The van der Waals surface area contributed by atoms with Crippen LogP contribution in [0, 0.1) is 0 Å². The Kier molecular flexibility index (Phi) is 5.28. The van der Waals surface area contributed by atoms with E-state index in [0.717, 1.165) is 0 Å². The summed E-state index contributed by atoms with van der Waals surface area (Å²) in [6, 6.07) is 4.07. The molecule has 0 saturated heterocycles. The van der Waals surface area contributed by atoms with E-state index in [1.54, 1.807) is 0 Å². The summed E-state index contributed by atoms with van der Waals surface area (Å²) in [6.07, 6.45) is -0.438. The Balaban J connectivity index is 3.21. The number of rotatable bonds is 7. The Morgan fingerprint density at radius 2 is 2.11 bits per heavy atom. The average molecular weight is 289 g/mol. The van der Waals surface area contributed by atoms with Gasteiger partial charge in [-0.1, -0.05) is 0 Å². The highest BCUT2D eigenvalue weighted by atomic mass is 32.2. The number of benzene rings is 1. The average Bonchev–Trinajstić information content (AvgIpc) is 2.35. The van der Waals surface area contributed by atoms with Gasteiger partial charge in [-0.25, -0.2) is 13.1 Å². The maximum atomic E-state index is 11.9. The second-order valence-corrected chi connectivity index (χ2v) is 5.40. The van der Waals surface area contributed by atoms with E-state index in [2.05, 4.69) is 4.72 Å². The van der Waals surface area contributed by atoms with Crippen molar-refractivity contribution in [2.45, 2.75) is 11.3 Å². The zero-order valence-corrected chi connectivity index (χ0v) is 11.1. The number of hydrogen-bond acceptors (Lipinski definition) is 5. The van der Waals surface area contributed by atoms with Crippen molar-refractivity contribution in [3.8, 4) is 5.75 Å². The molecule has 0 radical (unpaired) electrons. The summed E-state index contributed by atoms with van der Waals surface area (Å²) in [4.78, 5) is 10.6. The van der Waals surface area contributed by atoms with Crippen molar-refractivity contribution in [2.24, 2.45) is 0 Å². The van der Waals surface area contributed by atoms with Crippen LogP contribution in [0.25, 0.3) is 0 Å². The van der Waals surface area contributed by atoms with Gasteiger partial charge in [-0.05, 0) is 23.8 Å². The molecule has 0 aliphatic heterocycles. The van der Waals surface area contributed by atoms with Gasteiger partial charge in [-0.2, -0.15) is 0 Å². The zero-order valence-electron chi connectivity index (χ0n) is 10.3. The Labute approximate surface area is 110 Å². The summed E-state index contributed by atoms with van der Waals surface area (Å²) in [5.74, 6) is -0.774. The lowest BCUT2D eigenvalue weighted by molar-refractivity contribution is -0.136. The van der Waals surface area contributed by atoms with E-state index < -0.39 is 22.4 Å². The molecular formula is C11H15NO6S. The maximum absolute atomic E-state index is 11.9. The number of nitrogens with one attached hydrogen (secondary N) is 1. The molecule has 0 unspecified atom stereocenters. The van der Waals surface area contributed by atoms with Crippen molar-refractivity contribution in [1.82, 2.24) is 4.72 Å². The lowest BCUT2D eigenvalue weighted by Gasteiger charge is -2.11. The van der Waals surface area contributed by atoms with Crippen molar-refractivity contribution in [1.29, 1.82) is 0 Å². The summed E-state index contributed by atoms with van der Waals surface area (Å²) in [6.45, 7) is -0.482. The van der Waals surface area contributed by atoms with Crippen molar-refractivity contribution >= 4 is 16.0 Å². The first kappa shape index (κ1) is 15.4. The molecule has 0 saturated carbocycles. The maximum Gasteiger partial charge on any atom is 0.307 e. The van der Waals surface area contributed by atoms with Crippen LogP contribution in [0.1, 0.15) is 5.56 Å². The molecule has 0 bridgehead atoms. The third-order valence-corrected chi connectivity index (χ3v) is 3.86. The van der Waals surface area contributed by atoms with Crippen LogP contribution < -0.4 is 9.46 Å². The van der Waals surface area contributed by atoms with Crippen molar-refractivity contribution < 1.29 is 28.2 Å².